The minimum Gasteiger partial charge on any atom is -0.457 e. The Labute approximate surface area is 351 Å². The number of esters is 1. The first kappa shape index (κ1) is 54.9. The third-order valence-corrected chi connectivity index (χ3v) is 11.5. The zero-order valence-electron chi connectivity index (χ0n) is 38.2. The molecule has 0 aromatic carbocycles. The molecule has 1 N–H and O–H groups in total. The van der Waals surface area contributed by atoms with Gasteiger partial charge in [-0.05, 0) is 44.9 Å². The second-order valence-corrected chi connectivity index (χ2v) is 17.2. The normalized spacial score (nSPS) is 12.4. The fraction of sp³-hybridized carbons (Fsp3) is 0.904. The van der Waals surface area contributed by atoms with Crippen molar-refractivity contribution in [3.05, 3.63) is 24.3 Å². The number of unbranched alkanes of at least 4 members (excludes halogenated alkanes) is 36. The van der Waals surface area contributed by atoms with Crippen LogP contribution in [0.1, 0.15) is 277 Å². The van der Waals surface area contributed by atoms with Gasteiger partial charge in [0.25, 0.3) is 0 Å². The topological polar surface area (TPSA) is 55.8 Å². The Morgan fingerprint density at radius 1 is 0.429 bits per heavy atom. The number of carbonyl (C=O) groups is 1. The largest absolute Gasteiger partial charge is 0.457 e. The highest BCUT2D eigenvalue weighted by atomic mass is 16.6. The van der Waals surface area contributed by atoms with Crippen molar-refractivity contribution in [3.63, 3.8) is 0 Å². The van der Waals surface area contributed by atoms with Crippen LogP contribution in [0, 0.1) is 0 Å². The van der Waals surface area contributed by atoms with Crippen molar-refractivity contribution >= 4 is 5.97 Å². The van der Waals surface area contributed by atoms with Gasteiger partial charge in [0.05, 0.1) is 13.2 Å². The summed E-state index contributed by atoms with van der Waals surface area (Å²) < 4.78 is 11.2. The zero-order valence-corrected chi connectivity index (χ0v) is 38.2. The molecule has 0 radical (unpaired) electrons. The lowest BCUT2D eigenvalue weighted by atomic mass is 10.0. The number of hydrogen-bond acceptors (Lipinski definition) is 4. The second-order valence-electron chi connectivity index (χ2n) is 17.2. The average Bonchev–Trinajstić information content (AvgIpc) is 3.20. The van der Waals surface area contributed by atoms with Crippen LogP contribution < -0.4 is 0 Å². The van der Waals surface area contributed by atoms with Gasteiger partial charge in [0.1, 0.15) is 6.10 Å². The van der Waals surface area contributed by atoms with Crippen molar-refractivity contribution in [2.75, 3.05) is 19.8 Å². The van der Waals surface area contributed by atoms with Gasteiger partial charge in [-0.3, -0.25) is 4.79 Å². The molecule has 56 heavy (non-hydrogen) atoms. The van der Waals surface area contributed by atoms with E-state index in [1.54, 1.807) is 0 Å². The van der Waals surface area contributed by atoms with Crippen LogP contribution in [0.4, 0.5) is 0 Å². The lowest BCUT2D eigenvalue weighted by molar-refractivity contribution is -0.154. The summed E-state index contributed by atoms with van der Waals surface area (Å²) in [4.78, 5) is 12.3. The Kier molecular flexibility index (Phi) is 49.0. The lowest BCUT2D eigenvalue weighted by Gasteiger charge is -2.16. The van der Waals surface area contributed by atoms with Gasteiger partial charge in [0, 0.05) is 13.0 Å². The highest BCUT2D eigenvalue weighted by Gasteiger charge is 2.13. The molecule has 0 aliphatic carbocycles. The summed E-state index contributed by atoms with van der Waals surface area (Å²) in [5.74, 6) is -0.194. The molecular weight excluding hydrogens is 689 g/mol. The molecule has 0 bridgehead atoms. The van der Waals surface area contributed by atoms with Gasteiger partial charge in [-0.15, -0.1) is 0 Å². The first-order valence-corrected chi connectivity index (χ1v) is 25.4. The van der Waals surface area contributed by atoms with E-state index in [9.17, 15) is 9.90 Å². The molecule has 0 spiro atoms. The van der Waals surface area contributed by atoms with Gasteiger partial charge in [0.15, 0.2) is 0 Å². The first-order chi connectivity index (χ1) is 27.7. The van der Waals surface area contributed by atoms with Crippen LogP contribution in [-0.4, -0.2) is 37.0 Å². The standard InChI is InChI=1S/C52H100O4/c1-3-5-7-9-11-13-15-17-19-21-23-25-26-27-28-30-32-34-36-38-40-42-44-46-48-55-50-51(49-53)56-52(54)47-45-43-41-39-37-35-33-31-29-24-22-20-18-16-14-12-10-8-6-4-2/h15,17,21,23,51,53H,3-14,16,18-20,22,24-50H2,1-2H3/b17-15-,23-21-. The molecule has 0 saturated carbocycles. The Morgan fingerprint density at radius 2 is 0.750 bits per heavy atom. The van der Waals surface area contributed by atoms with Gasteiger partial charge in [-0.1, -0.05) is 250 Å². The van der Waals surface area contributed by atoms with Crippen molar-refractivity contribution in [3.8, 4) is 0 Å². The average molecular weight is 789 g/mol. The van der Waals surface area contributed by atoms with Crippen LogP contribution in [0.25, 0.3) is 0 Å². The number of allylic oxidation sites excluding steroid dienone is 4. The molecule has 4 nitrogen and oxygen atoms in total. The summed E-state index contributed by atoms with van der Waals surface area (Å²) in [6.45, 7) is 5.38. The maximum atomic E-state index is 12.3. The summed E-state index contributed by atoms with van der Waals surface area (Å²) in [6, 6.07) is 0. The number of aliphatic hydroxyl groups is 1. The summed E-state index contributed by atoms with van der Waals surface area (Å²) in [5, 5.41) is 9.65. The van der Waals surface area contributed by atoms with Crippen molar-refractivity contribution in [2.24, 2.45) is 0 Å². The van der Waals surface area contributed by atoms with E-state index < -0.39 is 6.10 Å². The van der Waals surface area contributed by atoms with Gasteiger partial charge in [-0.2, -0.15) is 0 Å². The molecule has 0 saturated heterocycles. The third kappa shape index (κ3) is 47.2. The fourth-order valence-corrected chi connectivity index (χ4v) is 7.71. The van der Waals surface area contributed by atoms with Gasteiger partial charge in [-0.25, -0.2) is 0 Å². The van der Waals surface area contributed by atoms with Gasteiger partial charge < -0.3 is 14.6 Å². The van der Waals surface area contributed by atoms with E-state index in [4.69, 9.17) is 9.47 Å². The predicted octanol–water partition coefficient (Wildman–Crippen LogP) is 17.1. The molecule has 4 heteroatoms. The molecule has 0 fully saturated rings. The predicted molar refractivity (Wildman–Crippen MR) is 247 cm³/mol. The van der Waals surface area contributed by atoms with E-state index in [1.165, 1.54) is 231 Å². The Hall–Kier alpha value is -1.13. The van der Waals surface area contributed by atoms with Crippen molar-refractivity contribution < 1.29 is 19.4 Å². The van der Waals surface area contributed by atoms with E-state index in [0.29, 0.717) is 19.6 Å². The fourth-order valence-electron chi connectivity index (χ4n) is 7.71. The quantitative estimate of drug-likeness (QED) is 0.0379. The van der Waals surface area contributed by atoms with Crippen LogP contribution in [0.3, 0.4) is 0 Å². The highest BCUT2D eigenvalue weighted by molar-refractivity contribution is 5.69. The summed E-state index contributed by atoms with van der Waals surface area (Å²) in [7, 11) is 0. The molecule has 0 aliphatic rings. The van der Waals surface area contributed by atoms with Crippen LogP contribution >= 0.6 is 0 Å². The number of hydrogen-bond donors (Lipinski definition) is 1. The smallest absolute Gasteiger partial charge is 0.306 e. The van der Waals surface area contributed by atoms with Crippen LogP contribution in [0.15, 0.2) is 24.3 Å². The minimum absolute atomic E-state index is 0.167. The molecule has 0 heterocycles. The van der Waals surface area contributed by atoms with Crippen LogP contribution in [-0.2, 0) is 14.3 Å². The molecule has 0 rings (SSSR count). The van der Waals surface area contributed by atoms with E-state index >= 15 is 0 Å². The maximum Gasteiger partial charge on any atom is 0.306 e. The number of carbonyl (C=O) groups excluding carboxylic acids is 1. The Bertz CT molecular complexity index is 792. The van der Waals surface area contributed by atoms with E-state index in [0.717, 1.165) is 25.7 Å². The molecular formula is C52H100O4. The summed E-state index contributed by atoms with van der Waals surface area (Å²) in [6.07, 6.45) is 62.7. The Morgan fingerprint density at radius 3 is 1.11 bits per heavy atom. The molecule has 332 valence electrons. The van der Waals surface area contributed by atoms with Crippen molar-refractivity contribution in [1.29, 1.82) is 0 Å². The number of rotatable bonds is 48. The highest BCUT2D eigenvalue weighted by Crippen LogP contribution is 2.16. The second kappa shape index (κ2) is 50.0. The van der Waals surface area contributed by atoms with E-state index in [1.807, 2.05) is 0 Å². The minimum atomic E-state index is -0.531. The number of aliphatic hydroxyl groups excluding tert-OH is 1. The monoisotopic (exact) mass is 789 g/mol. The lowest BCUT2D eigenvalue weighted by Crippen LogP contribution is -2.27. The molecule has 0 aromatic rings. The zero-order chi connectivity index (χ0) is 40.5. The van der Waals surface area contributed by atoms with Crippen LogP contribution in [0.5, 0.6) is 0 Å². The summed E-state index contributed by atoms with van der Waals surface area (Å²) >= 11 is 0. The van der Waals surface area contributed by atoms with Crippen LogP contribution in [0.2, 0.25) is 0 Å². The molecule has 0 aliphatic heterocycles. The molecule has 0 aromatic heterocycles. The van der Waals surface area contributed by atoms with E-state index in [2.05, 4.69) is 38.2 Å². The van der Waals surface area contributed by atoms with Crippen molar-refractivity contribution in [1.82, 2.24) is 0 Å². The maximum absolute atomic E-state index is 12.3. The molecule has 0 amide bonds. The van der Waals surface area contributed by atoms with Gasteiger partial charge in [0.2, 0.25) is 0 Å². The third-order valence-electron chi connectivity index (χ3n) is 11.5. The number of ether oxygens (including phenoxy) is 2. The molecule has 1 unspecified atom stereocenters. The summed E-state index contributed by atoms with van der Waals surface area (Å²) in [5.41, 5.74) is 0. The van der Waals surface area contributed by atoms with E-state index in [-0.39, 0.29) is 12.6 Å². The Balaban J connectivity index is 3.36. The molecule has 1 atom stereocenters. The SMILES string of the molecule is CCCCCCC/C=C\C/C=C\CCCCCCCCCCCCCCOCC(CO)OC(=O)CCCCCCCCCCCCCCCCCCCCCC. The van der Waals surface area contributed by atoms with Crippen molar-refractivity contribution in [2.45, 2.75) is 283 Å². The van der Waals surface area contributed by atoms with Gasteiger partial charge >= 0.3 is 5.97 Å². The first-order valence-electron chi connectivity index (χ1n) is 25.4.